The smallest absolute Gasteiger partial charge is 0.372 e. The number of anilines is 2. The summed E-state index contributed by atoms with van der Waals surface area (Å²) in [5, 5.41) is 11.9. The Morgan fingerprint density at radius 2 is 2.08 bits per heavy atom. The second kappa shape index (κ2) is 9.48. The molecular weight excluding hydrogens is 501 g/mol. The number of aromatic nitrogens is 4. The third-order valence-corrected chi connectivity index (χ3v) is 5.95. The van der Waals surface area contributed by atoms with Crippen molar-refractivity contribution in [1.82, 2.24) is 25.2 Å². The molecule has 1 saturated heterocycles. The molecule has 1 unspecified atom stereocenters. The van der Waals surface area contributed by atoms with E-state index in [4.69, 9.17) is 16.3 Å². The standard InChI is InChI=1S/C22H20ClF3N8O2/c1-12-9-27-16(18-3-2-6-36-18)8-17(12)33-19(22(24,25)26)14(11-31-33)21(35)32-13-7-15(23)20(28-10-13)34-29-4-5-30-34/h4,7-11,18,30H,2-3,5-6H2,1H3,(H,32,35). The Bertz CT molecular complexity index is 1340. The van der Waals surface area contributed by atoms with Gasteiger partial charge >= 0.3 is 6.18 Å². The van der Waals surface area contributed by atoms with Crippen LogP contribution < -0.4 is 15.9 Å². The molecule has 2 N–H and O–H groups in total. The molecule has 2 aliphatic rings. The molecule has 0 bridgehead atoms. The molecule has 5 heterocycles. The number of rotatable bonds is 5. The van der Waals surface area contributed by atoms with E-state index in [1.807, 2.05) is 0 Å². The molecule has 36 heavy (non-hydrogen) atoms. The van der Waals surface area contributed by atoms with Crippen molar-refractivity contribution >= 4 is 35.2 Å². The maximum atomic E-state index is 14.2. The molecular formula is C22H20ClF3N8O2. The lowest BCUT2D eigenvalue weighted by atomic mass is 10.1. The third kappa shape index (κ3) is 4.64. The predicted octanol–water partition coefficient (Wildman–Crippen LogP) is 4.06. The molecule has 14 heteroatoms. The maximum Gasteiger partial charge on any atom is 0.434 e. The maximum absolute atomic E-state index is 14.2. The van der Waals surface area contributed by atoms with Crippen molar-refractivity contribution in [1.29, 1.82) is 0 Å². The quantitative estimate of drug-likeness (QED) is 0.522. The van der Waals surface area contributed by atoms with E-state index in [1.54, 1.807) is 13.1 Å². The second-order valence-corrected chi connectivity index (χ2v) is 8.58. The zero-order valence-electron chi connectivity index (χ0n) is 18.9. The number of carbonyl (C=O) groups is 1. The molecule has 3 aromatic heterocycles. The van der Waals surface area contributed by atoms with Gasteiger partial charge in [-0.05, 0) is 37.5 Å². The third-order valence-electron chi connectivity index (χ3n) is 5.68. The van der Waals surface area contributed by atoms with Gasteiger partial charge in [-0.25, -0.2) is 15.1 Å². The number of hydrazine groups is 1. The van der Waals surface area contributed by atoms with Gasteiger partial charge in [0.05, 0.1) is 52.7 Å². The van der Waals surface area contributed by atoms with Crippen molar-refractivity contribution in [3.8, 4) is 5.69 Å². The molecule has 0 aliphatic carbocycles. The second-order valence-electron chi connectivity index (χ2n) is 8.17. The summed E-state index contributed by atoms with van der Waals surface area (Å²) in [6.07, 6.45) is 1.64. The minimum Gasteiger partial charge on any atom is -0.372 e. The molecule has 0 radical (unpaired) electrons. The molecule has 0 spiro atoms. The van der Waals surface area contributed by atoms with Crippen LogP contribution in [-0.2, 0) is 10.9 Å². The topological polar surface area (TPSA) is 110 Å². The summed E-state index contributed by atoms with van der Waals surface area (Å²) in [5.41, 5.74) is 2.28. The summed E-state index contributed by atoms with van der Waals surface area (Å²) < 4.78 is 49.0. The number of nitrogens with one attached hydrogen (secondary N) is 2. The van der Waals surface area contributed by atoms with Crippen LogP contribution in [0.1, 0.15) is 46.3 Å². The van der Waals surface area contributed by atoms with Gasteiger partial charge in [0.25, 0.3) is 5.91 Å². The van der Waals surface area contributed by atoms with Crippen molar-refractivity contribution in [2.75, 3.05) is 23.6 Å². The van der Waals surface area contributed by atoms with Crippen molar-refractivity contribution in [2.45, 2.75) is 32.0 Å². The number of halogens is 4. The lowest BCUT2D eigenvalue weighted by Gasteiger charge is -2.17. The van der Waals surface area contributed by atoms with E-state index in [9.17, 15) is 18.0 Å². The highest BCUT2D eigenvalue weighted by Gasteiger charge is 2.41. The molecule has 10 nitrogen and oxygen atoms in total. The van der Waals surface area contributed by atoms with E-state index in [-0.39, 0.29) is 28.3 Å². The van der Waals surface area contributed by atoms with Crippen LogP contribution in [0.4, 0.5) is 24.7 Å². The molecule has 3 aromatic rings. The summed E-state index contributed by atoms with van der Waals surface area (Å²) in [6.45, 7) is 2.68. The minimum absolute atomic E-state index is 0.110. The van der Waals surface area contributed by atoms with Gasteiger partial charge in [0.15, 0.2) is 11.5 Å². The first-order chi connectivity index (χ1) is 17.2. The predicted molar refractivity (Wildman–Crippen MR) is 125 cm³/mol. The van der Waals surface area contributed by atoms with Gasteiger partial charge in [-0.15, -0.1) is 0 Å². The van der Waals surface area contributed by atoms with Crippen molar-refractivity contribution in [3.05, 3.63) is 58.3 Å². The Hall–Kier alpha value is -3.55. The first-order valence-electron chi connectivity index (χ1n) is 11.0. The average molecular weight is 521 g/mol. The van der Waals surface area contributed by atoms with Gasteiger partial charge in [0.2, 0.25) is 0 Å². The number of pyridine rings is 2. The zero-order valence-corrected chi connectivity index (χ0v) is 19.6. The van der Waals surface area contributed by atoms with E-state index in [0.29, 0.717) is 24.4 Å². The average Bonchev–Trinajstić information content (AvgIpc) is 3.60. The van der Waals surface area contributed by atoms with E-state index >= 15 is 0 Å². The Labute approximate surface area is 208 Å². The van der Waals surface area contributed by atoms with Gasteiger partial charge in [-0.2, -0.15) is 28.5 Å². The number of hydrazone groups is 1. The van der Waals surface area contributed by atoms with Gasteiger partial charge in [-0.1, -0.05) is 11.6 Å². The van der Waals surface area contributed by atoms with Gasteiger partial charge in [-0.3, -0.25) is 9.78 Å². The first kappa shape index (κ1) is 24.2. The van der Waals surface area contributed by atoms with Gasteiger partial charge in [0, 0.05) is 19.0 Å². The van der Waals surface area contributed by atoms with Crippen molar-refractivity contribution in [2.24, 2.45) is 5.10 Å². The molecule has 0 aromatic carbocycles. The van der Waals surface area contributed by atoms with Crippen LogP contribution in [-0.4, -0.2) is 45.0 Å². The Morgan fingerprint density at radius 1 is 1.25 bits per heavy atom. The van der Waals surface area contributed by atoms with Gasteiger partial charge in [0.1, 0.15) is 0 Å². The highest BCUT2D eigenvalue weighted by atomic mass is 35.5. The van der Waals surface area contributed by atoms with Crippen LogP contribution in [0.25, 0.3) is 5.69 Å². The number of ether oxygens (including phenoxy) is 1. The summed E-state index contributed by atoms with van der Waals surface area (Å²) in [6, 6.07) is 2.89. The number of aryl methyl sites for hydroxylation is 1. The Morgan fingerprint density at radius 3 is 2.75 bits per heavy atom. The van der Waals surface area contributed by atoms with Crippen LogP contribution in [0.15, 0.2) is 35.8 Å². The SMILES string of the molecule is Cc1cnc(C2CCCO2)cc1-n1ncc(C(=O)Nc2cnc(N3N=CCN3)c(Cl)c2)c1C(F)(F)F. The molecule has 1 fully saturated rings. The van der Waals surface area contributed by atoms with Crippen LogP contribution in [0, 0.1) is 6.92 Å². The molecule has 1 amide bonds. The van der Waals surface area contributed by atoms with E-state index < -0.39 is 23.3 Å². The van der Waals surface area contributed by atoms with Crippen molar-refractivity contribution in [3.63, 3.8) is 0 Å². The van der Waals surface area contributed by atoms with Crippen LogP contribution in [0.5, 0.6) is 0 Å². The van der Waals surface area contributed by atoms with E-state index in [1.165, 1.54) is 29.6 Å². The number of carbonyl (C=O) groups excluding carboxylic acids is 1. The number of amides is 1. The summed E-state index contributed by atoms with van der Waals surface area (Å²) in [7, 11) is 0. The van der Waals surface area contributed by atoms with Gasteiger partial charge < -0.3 is 10.1 Å². The fraction of sp³-hybridized carbons (Fsp3) is 0.318. The monoisotopic (exact) mass is 520 g/mol. The molecule has 188 valence electrons. The number of alkyl halides is 3. The molecule has 1 atom stereocenters. The lowest BCUT2D eigenvalue weighted by molar-refractivity contribution is -0.143. The fourth-order valence-electron chi connectivity index (χ4n) is 3.99. The normalized spacial score (nSPS) is 17.7. The fourth-order valence-corrected chi connectivity index (χ4v) is 4.23. The zero-order chi connectivity index (χ0) is 25.4. The molecule has 2 aliphatic heterocycles. The van der Waals surface area contributed by atoms with Crippen LogP contribution in [0.3, 0.4) is 0 Å². The Kier molecular flexibility index (Phi) is 6.36. The molecule has 0 saturated carbocycles. The van der Waals surface area contributed by atoms with Crippen LogP contribution in [0.2, 0.25) is 5.02 Å². The summed E-state index contributed by atoms with van der Waals surface area (Å²) >= 11 is 6.23. The first-order valence-corrected chi connectivity index (χ1v) is 11.4. The van der Waals surface area contributed by atoms with E-state index in [0.717, 1.165) is 23.7 Å². The van der Waals surface area contributed by atoms with Crippen LogP contribution >= 0.6 is 11.6 Å². The molecule has 5 rings (SSSR count). The van der Waals surface area contributed by atoms with E-state index in [2.05, 4.69) is 30.9 Å². The summed E-state index contributed by atoms with van der Waals surface area (Å²) in [5.74, 6) is -0.731. The summed E-state index contributed by atoms with van der Waals surface area (Å²) in [4.78, 5) is 21.4. The number of nitrogens with zero attached hydrogens (tertiary/aromatic N) is 6. The number of hydrogen-bond acceptors (Lipinski definition) is 8. The highest BCUT2D eigenvalue weighted by Crippen LogP contribution is 2.36. The Balaban J connectivity index is 1.47. The minimum atomic E-state index is -4.87. The largest absolute Gasteiger partial charge is 0.434 e. The van der Waals surface area contributed by atoms with Crippen molar-refractivity contribution < 1.29 is 22.7 Å². The highest BCUT2D eigenvalue weighted by molar-refractivity contribution is 6.33. The lowest BCUT2D eigenvalue weighted by Crippen LogP contribution is -2.29. The number of hydrogen-bond donors (Lipinski definition) is 2.